The van der Waals surface area contributed by atoms with Crippen LogP contribution < -0.4 is 60.3 Å². The summed E-state index contributed by atoms with van der Waals surface area (Å²) in [5.74, 6) is 1.54. The number of amides is 6. The van der Waals surface area contributed by atoms with E-state index in [-0.39, 0.29) is 76.3 Å². The Labute approximate surface area is 861 Å². The molecule has 139 heavy (non-hydrogen) atoms. The summed E-state index contributed by atoms with van der Waals surface area (Å²) in [7, 11) is 6.84. The zero-order chi connectivity index (χ0) is 104. The molecule has 4 heterocycles. The minimum absolute atomic E-state index is 0.0286. The van der Waals surface area contributed by atoms with Crippen LogP contribution in [0.3, 0.4) is 0 Å². The van der Waals surface area contributed by atoms with Crippen LogP contribution in [0.5, 0.6) is 0 Å². The number of nitrogens with one attached hydrogen (secondary N) is 12. The molecule has 0 bridgehead atoms. The normalized spacial score (nSPS) is 10.6. The number of nitro benzene ring substituents is 2. The van der Waals surface area contributed by atoms with Crippen LogP contribution in [-0.4, -0.2) is 182 Å². The number of nitrogens with two attached hydrogens (primary N) is 3. The summed E-state index contributed by atoms with van der Waals surface area (Å²) < 4.78 is 25.0. The van der Waals surface area contributed by atoms with Gasteiger partial charge in [0.15, 0.2) is 0 Å². The Morgan fingerprint density at radius 1 is 0.367 bits per heavy atom. The molecule has 0 saturated carbocycles. The van der Waals surface area contributed by atoms with E-state index in [1.165, 1.54) is 86.9 Å². The zero-order valence-electron chi connectivity index (χ0n) is 76.8. The number of nitrogens with zero attached hydrogens (tertiary/aromatic N) is 7. The smallest absolute Gasteiger partial charge is 0.354 e. The summed E-state index contributed by atoms with van der Waals surface area (Å²) in [6.07, 6.45) is 0. The van der Waals surface area contributed by atoms with E-state index in [1.54, 1.807) is 155 Å². The molecule has 12 aromatic rings. The number of aromatic amines is 4. The van der Waals surface area contributed by atoms with E-state index in [9.17, 15) is 73.0 Å². The Balaban J connectivity index is 0.000000281. The molecular formula is C89H96Br8N22O20. The molecule has 0 fully saturated rings. The second kappa shape index (κ2) is 56.4. The Morgan fingerprint density at radius 2 is 0.655 bits per heavy atom. The van der Waals surface area contributed by atoms with Gasteiger partial charge in [-0.1, -0.05) is 0 Å². The highest BCUT2D eigenvalue weighted by Gasteiger charge is 2.20. The number of hydrogen-bond acceptors (Lipinski definition) is 29. The summed E-state index contributed by atoms with van der Waals surface area (Å²) in [4.78, 5) is 159. The zero-order valence-corrected chi connectivity index (χ0v) is 89.5. The Morgan fingerprint density at radius 3 is 0.978 bits per heavy atom. The maximum atomic E-state index is 11.9. The van der Waals surface area contributed by atoms with Crippen molar-refractivity contribution in [3.8, 4) is 0 Å². The van der Waals surface area contributed by atoms with Gasteiger partial charge in [0.25, 0.3) is 23.2 Å². The summed E-state index contributed by atoms with van der Waals surface area (Å²) in [5.41, 5.74) is 33.8. The first-order valence-electron chi connectivity index (χ1n) is 40.5. The lowest BCUT2D eigenvalue weighted by Gasteiger charge is -2.08. The lowest BCUT2D eigenvalue weighted by Crippen LogP contribution is -2.21. The molecule has 0 aliphatic carbocycles. The number of nitrogen functional groups attached to an aromatic ring is 3. The fraction of sp³-hybridized carbons (Fsp3) is 0.213. The molecule has 0 saturated heterocycles. The SMILES string of the molecule is CC(=O)Nc1cc(Br)c2[nH]c(C(=O)N(C)C)cc2c1.CC(=O)Nc1cc(Br)c2[nH]c(C(=O)O)cc2c1.CCOC(=O)/C(C)=N/Nc1ccc(N)cc1Br.CCOC(=O)/C(C)=N/Nc1ccc(NC(C)=O)cc1Br.CCOC(=O)/C(C)=N/Nc1ccc([N+](=O)[O-])cc1Br.CCOC(=O)c1cc2cc(NC(C)=O)cc(Br)c2[nH]1.CN(C)C(=O)c1cc2cc(N)cc(Br)c2[nH]1.NNc1ccc([N+](=O)[O-])cc1Br. The first-order valence-corrected chi connectivity index (χ1v) is 46.9. The molecular weight excluding hydrogens is 2340 g/mol. The highest BCUT2D eigenvalue weighted by atomic mass is 79.9. The van der Waals surface area contributed by atoms with Gasteiger partial charge in [0, 0.05) is 172 Å². The standard InChI is InChI=1S/C13H16BrN3O3.C13H14BrN3O2.C13H13BrN2O3.C11H12BrN3O4.C11H14BrN3O2.C11H12BrN3O.C11H9BrN2O3.C6H6BrN3O2/c1-4-20-13(19)8(2)16-17-12-6-5-10(7-11(12)14)15-9(3)18;1-7(18)15-9-4-8-5-11(13(19)17(2)3)16-12(8)10(14)6-9;1-3-19-13(18)11-5-8-4-9(15-7(2)17)6-10(14)12(8)16-11;1-3-19-11(16)7(2)13-14-10-5-4-8(15(17)18)6-9(10)12;1-3-17-11(16)7(2)14-15-10-5-4-8(13)6-9(10)12;1-15(2)11(16)9-4-6-3-7(13)5-8(12)10(6)14-9;1-5(15)13-7-2-6-3-9(11(16)17)14-10(6)8(12)4-7;7-5-3-4(10(11)12)1-2-6(5)9-8/h5-7,17H,4H2,1-3H3,(H,15,18);4-6,16H,1-3H3,(H,15,18);4-6,16H,3H2,1-2H3,(H,15,17);4-6,14H,3H2,1-2H3;4-6,15H,3,13H2,1-2H3;3-5,14H,13H2,1-2H3;2-4,14H,1H3,(H,13,15)(H,16,17);1-3,9H,8H2/b16-8+;;;13-7+;14-7+;;;. The number of hydrogen-bond donors (Lipinski definition) is 16. The number of non-ortho nitro benzene ring substituents is 2. The van der Waals surface area contributed by atoms with E-state index < -0.39 is 39.7 Å². The molecule has 0 atom stereocenters. The van der Waals surface area contributed by atoms with E-state index in [0.717, 1.165) is 61.7 Å². The number of anilines is 10. The van der Waals surface area contributed by atoms with Crippen LogP contribution in [0, 0.1) is 20.2 Å². The van der Waals surface area contributed by atoms with Crippen LogP contribution in [-0.2, 0) is 52.5 Å². The van der Waals surface area contributed by atoms with Crippen LogP contribution in [0.1, 0.15) is 118 Å². The molecule has 19 N–H and O–H groups in total. The number of nitro groups is 2. The van der Waals surface area contributed by atoms with Crippen molar-refractivity contribution in [1.82, 2.24) is 29.7 Å². The first kappa shape index (κ1) is 116. The number of halogens is 8. The molecule has 0 aliphatic rings. The second-order valence-corrected chi connectivity index (χ2v) is 35.5. The number of carbonyl (C=O) groups excluding carboxylic acids is 10. The fourth-order valence-corrected chi connectivity index (χ4v) is 15.2. The minimum Gasteiger partial charge on any atom is -0.477 e. The van der Waals surface area contributed by atoms with Gasteiger partial charge in [-0.05, 0) is 297 Å². The highest BCUT2D eigenvalue weighted by molar-refractivity contribution is 9.11. The quantitative estimate of drug-likeness (QED) is 0.00508. The van der Waals surface area contributed by atoms with Crippen molar-refractivity contribution in [2.75, 3.05) is 109 Å². The third-order valence-electron chi connectivity index (χ3n) is 17.2. The van der Waals surface area contributed by atoms with Crippen LogP contribution in [0.25, 0.3) is 43.6 Å². The van der Waals surface area contributed by atoms with Crippen molar-refractivity contribution in [3.05, 3.63) is 224 Å². The van der Waals surface area contributed by atoms with Gasteiger partial charge >= 0.3 is 29.8 Å². The van der Waals surface area contributed by atoms with Gasteiger partial charge < -0.3 is 91.9 Å². The fourth-order valence-electron chi connectivity index (χ4n) is 11.0. The number of ether oxygens (including phenoxy) is 4. The van der Waals surface area contributed by atoms with Crippen LogP contribution >= 0.6 is 127 Å². The van der Waals surface area contributed by atoms with Crippen LogP contribution in [0.4, 0.5) is 68.2 Å². The van der Waals surface area contributed by atoms with Crippen molar-refractivity contribution in [2.24, 2.45) is 21.1 Å². The Kier molecular flexibility index (Phi) is 47.1. The number of hydrazone groups is 3. The Hall–Kier alpha value is -13.5. The Bertz CT molecular complexity index is 6660. The summed E-state index contributed by atoms with van der Waals surface area (Å²) in [5, 5.41) is 55.5. The summed E-state index contributed by atoms with van der Waals surface area (Å²) >= 11 is 26.6. The number of rotatable bonds is 24. The van der Waals surface area contributed by atoms with Crippen LogP contribution in [0.2, 0.25) is 0 Å². The summed E-state index contributed by atoms with van der Waals surface area (Å²) in [6.45, 7) is 18.6. The molecule has 12 rings (SSSR count). The number of fused-ring (bicyclic) bond motifs is 4. The predicted molar refractivity (Wildman–Crippen MR) is 567 cm³/mol. The average Bonchev–Trinajstić information content (AvgIpc) is 1.72. The van der Waals surface area contributed by atoms with Gasteiger partial charge in [0.05, 0.1) is 81.1 Å². The monoisotopic (exact) mass is 2420 g/mol. The number of esters is 4. The minimum atomic E-state index is -1.02. The number of aromatic nitrogens is 4. The van der Waals surface area contributed by atoms with Crippen molar-refractivity contribution < 1.29 is 86.6 Å². The topological polar surface area (TPSA) is 612 Å². The average molecular weight is 2430 g/mol. The molecule has 0 unspecified atom stereocenters. The molecule has 0 radical (unpaired) electrons. The van der Waals surface area contributed by atoms with Gasteiger partial charge in [0.1, 0.15) is 39.9 Å². The largest absolute Gasteiger partial charge is 0.477 e. The van der Waals surface area contributed by atoms with E-state index in [0.29, 0.717) is 111 Å². The number of hydrazine groups is 1. The number of H-pyrrole nitrogens is 4. The van der Waals surface area contributed by atoms with Crippen LogP contribution in [0.15, 0.2) is 197 Å². The maximum Gasteiger partial charge on any atom is 0.354 e. The maximum absolute atomic E-state index is 11.9. The van der Waals surface area contributed by atoms with Gasteiger partial charge in [-0.2, -0.15) is 15.3 Å². The molecule has 738 valence electrons. The molecule has 8 aromatic carbocycles. The third-order valence-corrected chi connectivity index (χ3v) is 22.3. The number of carbonyl (C=O) groups is 11. The number of carboxylic acids is 1. The lowest BCUT2D eigenvalue weighted by molar-refractivity contribution is -0.385. The number of aromatic carboxylic acids is 1. The van der Waals surface area contributed by atoms with Crippen molar-refractivity contribution in [3.63, 3.8) is 0 Å². The molecule has 0 spiro atoms. The molecule has 4 aromatic heterocycles. The van der Waals surface area contributed by atoms with Crippen molar-refractivity contribution >= 4 is 322 Å². The van der Waals surface area contributed by atoms with Crippen molar-refractivity contribution in [2.45, 2.75) is 76.2 Å². The van der Waals surface area contributed by atoms with Gasteiger partial charge in [-0.15, -0.1) is 0 Å². The first-order chi connectivity index (χ1) is 65.4. The molecule has 6 amide bonds. The van der Waals surface area contributed by atoms with E-state index in [2.05, 4.69) is 206 Å². The van der Waals surface area contributed by atoms with Gasteiger partial charge in [-0.25, -0.2) is 24.0 Å². The third kappa shape index (κ3) is 37.4. The molecule has 50 heteroatoms. The predicted octanol–water partition coefficient (Wildman–Crippen LogP) is 19.9. The van der Waals surface area contributed by atoms with Crippen molar-refractivity contribution in [1.29, 1.82) is 0 Å². The second-order valence-electron chi connectivity index (χ2n) is 28.6. The van der Waals surface area contributed by atoms with Gasteiger partial charge in [-0.3, -0.25) is 71.1 Å². The molecule has 42 nitrogen and oxygen atoms in total. The van der Waals surface area contributed by atoms with E-state index >= 15 is 0 Å². The lowest BCUT2D eigenvalue weighted by atomic mass is 10.2. The number of carboxylic acid groups (broad SMARTS) is 1. The van der Waals surface area contributed by atoms with Gasteiger partial charge in [0.2, 0.25) is 23.6 Å². The van der Waals surface area contributed by atoms with E-state index in [4.69, 9.17) is 41.4 Å². The summed E-state index contributed by atoms with van der Waals surface area (Å²) in [6, 6.07) is 40.0. The van der Waals surface area contributed by atoms with E-state index in [1.807, 2.05) is 18.2 Å². The molecule has 0 aliphatic heterocycles. The number of benzene rings is 8. The highest BCUT2D eigenvalue weighted by Crippen LogP contribution is 2.35.